The molecule has 0 spiro atoms. The van der Waals surface area contributed by atoms with Gasteiger partial charge in [0.1, 0.15) is 4.90 Å². The van der Waals surface area contributed by atoms with E-state index < -0.39 is 38.6 Å². The van der Waals surface area contributed by atoms with Crippen LogP contribution in [-0.4, -0.2) is 37.1 Å². The average molecular weight is 472 g/mol. The van der Waals surface area contributed by atoms with Crippen LogP contribution in [0.1, 0.15) is 41.4 Å². The highest BCUT2D eigenvalue weighted by Crippen LogP contribution is 2.35. The number of nitrogens with zero attached hydrogens (tertiary/aromatic N) is 1. The molecule has 10 heteroatoms. The van der Waals surface area contributed by atoms with Crippen molar-refractivity contribution in [3.8, 4) is 0 Å². The summed E-state index contributed by atoms with van der Waals surface area (Å²) in [5.74, 6) is -3.17. The molecule has 1 N–H and O–H groups in total. The predicted octanol–water partition coefficient (Wildman–Crippen LogP) is 2.79. The number of imide groups is 2. The maximum Gasteiger partial charge on any atom is 0.318 e. The molecule has 4 aromatic carbocycles. The first-order chi connectivity index (χ1) is 16.3. The zero-order valence-corrected chi connectivity index (χ0v) is 17.9. The molecule has 0 radical (unpaired) electrons. The van der Waals surface area contributed by atoms with Crippen LogP contribution in [-0.2, 0) is 14.4 Å². The fourth-order valence-electron chi connectivity index (χ4n) is 4.43. The van der Waals surface area contributed by atoms with Crippen LogP contribution in [0, 0.1) is 0 Å². The third-order valence-corrected chi connectivity index (χ3v) is 7.13. The molecule has 2 aliphatic heterocycles. The first-order valence-electron chi connectivity index (χ1n) is 10.0. The van der Waals surface area contributed by atoms with Crippen molar-refractivity contribution in [1.82, 2.24) is 10.4 Å². The molecule has 166 valence electrons. The van der Waals surface area contributed by atoms with Crippen molar-refractivity contribution in [3.63, 3.8) is 0 Å². The van der Waals surface area contributed by atoms with Crippen molar-refractivity contribution in [1.29, 1.82) is 0 Å². The minimum atomic E-state index is -4.74. The lowest BCUT2D eigenvalue weighted by Gasteiger charge is -2.25. The van der Waals surface area contributed by atoms with E-state index in [9.17, 15) is 27.6 Å². The number of hydrogen-bond acceptors (Lipinski definition) is 7. The van der Waals surface area contributed by atoms with Crippen molar-refractivity contribution < 1.29 is 31.9 Å². The molecule has 0 aromatic heterocycles. The first-order valence-corrected chi connectivity index (χ1v) is 11.5. The van der Waals surface area contributed by atoms with Gasteiger partial charge in [0.25, 0.3) is 23.6 Å². The van der Waals surface area contributed by atoms with Crippen LogP contribution in [0.3, 0.4) is 0 Å². The molecule has 0 fully saturated rings. The van der Waals surface area contributed by atoms with E-state index in [4.69, 9.17) is 4.28 Å². The van der Waals surface area contributed by atoms with Gasteiger partial charge >= 0.3 is 10.1 Å². The zero-order chi connectivity index (χ0) is 23.8. The molecule has 2 aliphatic rings. The highest BCUT2D eigenvalue weighted by molar-refractivity contribution is 7.87. The molecule has 4 aromatic rings. The summed E-state index contributed by atoms with van der Waals surface area (Å²) in [7, 11) is -4.74. The average Bonchev–Trinajstić information content (AvgIpc) is 2.83. The number of nitrogens with one attached hydrogen (secondary N) is 1. The first kappa shape index (κ1) is 20.2. The molecule has 0 saturated carbocycles. The van der Waals surface area contributed by atoms with Crippen LogP contribution < -0.4 is 5.32 Å². The second-order valence-corrected chi connectivity index (χ2v) is 9.26. The Balaban J connectivity index is 1.49. The number of amides is 4. The van der Waals surface area contributed by atoms with E-state index in [1.54, 1.807) is 24.3 Å². The van der Waals surface area contributed by atoms with Gasteiger partial charge in [0, 0.05) is 27.3 Å². The summed E-state index contributed by atoms with van der Waals surface area (Å²) in [4.78, 5) is 50.2. The van der Waals surface area contributed by atoms with Gasteiger partial charge in [-0.05, 0) is 35.7 Å². The standard InChI is InChI=1S/C24H12N2O7S/c27-21-14-7-3-6-13-18(11-10-15(20(13)14)22(28)25-21)34(31,32)33-26-23(29)16-8-1-4-12-5-2-9-17(19(12)16)24(26)30/h1-11H,(H,25,27,28). The molecule has 0 bridgehead atoms. The fourth-order valence-corrected chi connectivity index (χ4v) is 5.51. The number of carbonyl (C=O) groups excluding carboxylic acids is 4. The Morgan fingerprint density at radius 2 is 1.21 bits per heavy atom. The van der Waals surface area contributed by atoms with Crippen molar-refractivity contribution in [2.75, 3.05) is 0 Å². The third kappa shape index (κ3) is 2.66. The summed E-state index contributed by atoms with van der Waals surface area (Å²) in [5.41, 5.74) is 0.494. The van der Waals surface area contributed by atoms with Crippen LogP contribution in [0.2, 0.25) is 0 Å². The third-order valence-electron chi connectivity index (χ3n) is 5.89. The number of hydroxylamine groups is 2. The molecule has 6 rings (SSSR count). The largest absolute Gasteiger partial charge is 0.318 e. The van der Waals surface area contributed by atoms with E-state index in [1.165, 1.54) is 36.4 Å². The Bertz CT molecular complexity index is 1690. The summed E-state index contributed by atoms with van der Waals surface area (Å²) in [6.07, 6.45) is 0. The molecule has 0 saturated heterocycles. The smallest absolute Gasteiger partial charge is 0.288 e. The van der Waals surface area contributed by atoms with Gasteiger partial charge in [-0.3, -0.25) is 24.5 Å². The fraction of sp³-hybridized carbons (Fsp3) is 0. The van der Waals surface area contributed by atoms with Gasteiger partial charge in [-0.25, -0.2) is 0 Å². The molecule has 4 amide bonds. The second kappa shape index (κ2) is 6.80. The highest BCUT2D eigenvalue weighted by atomic mass is 32.2. The molecule has 2 heterocycles. The van der Waals surface area contributed by atoms with Crippen LogP contribution in [0.4, 0.5) is 0 Å². The van der Waals surface area contributed by atoms with Crippen LogP contribution in [0.5, 0.6) is 0 Å². The topological polar surface area (TPSA) is 127 Å². The van der Waals surface area contributed by atoms with Gasteiger partial charge < -0.3 is 0 Å². The Labute approximate surface area is 191 Å². The summed E-state index contributed by atoms with van der Waals surface area (Å²) in [5, 5.41) is 3.69. The molecule has 0 atom stereocenters. The van der Waals surface area contributed by atoms with E-state index in [0.29, 0.717) is 10.8 Å². The number of hydrogen-bond donors (Lipinski definition) is 1. The van der Waals surface area contributed by atoms with Gasteiger partial charge in [0.05, 0.1) is 11.1 Å². The Morgan fingerprint density at radius 1 is 0.647 bits per heavy atom. The summed E-state index contributed by atoms with van der Waals surface area (Å²) < 4.78 is 31.7. The number of benzene rings is 4. The van der Waals surface area contributed by atoms with Gasteiger partial charge in [-0.1, -0.05) is 36.4 Å². The van der Waals surface area contributed by atoms with Gasteiger partial charge in [-0.2, -0.15) is 8.42 Å². The van der Waals surface area contributed by atoms with Gasteiger partial charge in [0.2, 0.25) is 0 Å². The summed E-state index contributed by atoms with van der Waals surface area (Å²) in [6, 6.07) is 16.4. The Kier molecular flexibility index (Phi) is 4.04. The molecule has 0 unspecified atom stereocenters. The molecular weight excluding hydrogens is 460 g/mol. The van der Waals surface area contributed by atoms with Crippen molar-refractivity contribution in [2.24, 2.45) is 0 Å². The van der Waals surface area contributed by atoms with Crippen LogP contribution >= 0.6 is 0 Å². The van der Waals surface area contributed by atoms with E-state index in [-0.39, 0.29) is 38.1 Å². The minimum Gasteiger partial charge on any atom is -0.288 e. The monoisotopic (exact) mass is 472 g/mol. The quantitative estimate of drug-likeness (QED) is 0.454. The van der Waals surface area contributed by atoms with Gasteiger partial charge in [0.15, 0.2) is 0 Å². The van der Waals surface area contributed by atoms with E-state index >= 15 is 0 Å². The molecular formula is C24H12N2O7S. The number of carbonyl (C=O) groups is 4. The van der Waals surface area contributed by atoms with Crippen molar-refractivity contribution >= 4 is 55.3 Å². The minimum absolute atomic E-state index is 0.0533. The highest BCUT2D eigenvalue weighted by Gasteiger charge is 2.38. The Morgan fingerprint density at radius 3 is 1.85 bits per heavy atom. The lowest BCUT2D eigenvalue weighted by atomic mass is 9.95. The van der Waals surface area contributed by atoms with E-state index in [1.807, 2.05) is 0 Å². The summed E-state index contributed by atoms with van der Waals surface area (Å²) >= 11 is 0. The second-order valence-electron chi connectivity index (χ2n) is 7.77. The van der Waals surface area contributed by atoms with Crippen molar-refractivity contribution in [3.05, 3.63) is 89.0 Å². The van der Waals surface area contributed by atoms with Crippen molar-refractivity contribution in [2.45, 2.75) is 4.90 Å². The van der Waals surface area contributed by atoms with Crippen LogP contribution in [0.15, 0.2) is 71.6 Å². The zero-order valence-electron chi connectivity index (χ0n) is 17.1. The van der Waals surface area contributed by atoms with E-state index in [2.05, 4.69) is 5.32 Å². The Hall–Kier alpha value is -4.41. The van der Waals surface area contributed by atoms with E-state index in [0.717, 1.165) is 6.07 Å². The lowest BCUT2D eigenvalue weighted by molar-refractivity contribution is -0.0154. The number of rotatable bonds is 3. The predicted molar refractivity (Wildman–Crippen MR) is 118 cm³/mol. The van der Waals surface area contributed by atoms with Gasteiger partial charge in [-0.15, -0.1) is 9.35 Å². The lowest BCUT2D eigenvalue weighted by Crippen LogP contribution is -2.41. The summed E-state index contributed by atoms with van der Waals surface area (Å²) in [6.45, 7) is 0. The maximum absolute atomic E-state index is 13.3. The normalized spacial score (nSPS) is 15.2. The maximum atomic E-state index is 13.3. The SMILES string of the molecule is O=C1NC(=O)c2ccc(S(=O)(=O)ON3C(=O)c4cccc5cccc(c45)C3=O)c3cccc1c23. The molecule has 34 heavy (non-hydrogen) atoms. The van der Waals surface area contributed by atoms with Crippen LogP contribution in [0.25, 0.3) is 21.5 Å². The molecule has 9 nitrogen and oxygen atoms in total. The molecule has 0 aliphatic carbocycles.